The lowest BCUT2D eigenvalue weighted by molar-refractivity contribution is 0.135. The molecule has 0 saturated carbocycles. The largest absolute Gasteiger partial charge is 0.496 e. The first-order chi connectivity index (χ1) is 15.0. The number of rotatable bonds is 13. The normalized spacial score (nSPS) is 11.0. The maximum Gasteiger partial charge on any atom is 0.160 e. The van der Waals surface area contributed by atoms with Crippen LogP contribution in [-0.2, 0) is 17.6 Å². The van der Waals surface area contributed by atoms with E-state index in [4.69, 9.17) is 18.9 Å². The molecular formula is C25H36N2O4. The van der Waals surface area contributed by atoms with Crippen molar-refractivity contribution in [2.24, 2.45) is 4.99 Å². The van der Waals surface area contributed by atoms with Crippen molar-refractivity contribution in [2.75, 3.05) is 48.1 Å². The zero-order valence-corrected chi connectivity index (χ0v) is 19.7. The minimum Gasteiger partial charge on any atom is -0.496 e. The van der Waals surface area contributed by atoms with Gasteiger partial charge in [0.15, 0.2) is 11.5 Å². The Balaban J connectivity index is 1.83. The minimum atomic E-state index is 0.671. The summed E-state index contributed by atoms with van der Waals surface area (Å²) in [4.78, 5) is 6.62. The molecule has 31 heavy (non-hydrogen) atoms. The summed E-state index contributed by atoms with van der Waals surface area (Å²) in [5.74, 6) is 2.37. The molecule has 0 aromatic heterocycles. The molecule has 0 heterocycles. The summed E-state index contributed by atoms with van der Waals surface area (Å²) >= 11 is 0. The van der Waals surface area contributed by atoms with Gasteiger partial charge in [-0.3, -0.25) is 0 Å². The average molecular weight is 429 g/mol. The number of nitrogens with zero attached hydrogens (tertiary/aromatic N) is 2. The van der Waals surface area contributed by atoms with Gasteiger partial charge in [-0.15, -0.1) is 0 Å². The van der Waals surface area contributed by atoms with E-state index in [1.165, 1.54) is 11.1 Å². The summed E-state index contributed by atoms with van der Waals surface area (Å²) in [6.45, 7) is 6.48. The van der Waals surface area contributed by atoms with Crippen LogP contribution < -0.4 is 14.2 Å². The third kappa shape index (κ3) is 7.47. The molecule has 2 aromatic carbocycles. The Morgan fingerprint density at radius 1 is 0.903 bits per heavy atom. The van der Waals surface area contributed by atoms with Crippen molar-refractivity contribution in [3.05, 3.63) is 47.0 Å². The Hall–Kier alpha value is -2.73. The smallest absolute Gasteiger partial charge is 0.160 e. The van der Waals surface area contributed by atoms with E-state index in [9.17, 15) is 0 Å². The van der Waals surface area contributed by atoms with E-state index in [1.807, 2.05) is 42.6 Å². The molecule has 0 saturated heterocycles. The molecule has 0 amide bonds. The lowest BCUT2D eigenvalue weighted by atomic mass is 10.0. The van der Waals surface area contributed by atoms with Gasteiger partial charge in [-0.2, -0.15) is 0 Å². The Morgan fingerprint density at radius 3 is 2.32 bits per heavy atom. The predicted octanol–water partition coefficient (Wildman–Crippen LogP) is 4.82. The Kier molecular flexibility index (Phi) is 10.2. The van der Waals surface area contributed by atoms with Gasteiger partial charge in [-0.25, -0.2) is 4.99 Å². The molecule has 6 heteroatoms. The van der Waals surface area contributed by atoms with Crippen LogP contribution in [0.15, 0.2) is 35.3 Å². The van der Waals surface area contributed by atoms with Gasteiger partial charge in [-0.1, -0.05) is 12.1 Å². The van der Waals surface area contributed by atoms with E-state index in [0.29, 0.717) is 13.2 Å². The van der Waals surface area contributed by atoms with Crippen LogP contribution in [0.1, 0.15) is 30.0 Å². The van der Waals surface area contributed by atoms with Crippen LogP contribution in [0.3, 0.4) is 0 Å². The molecule has 0 radical (unpaired) electrons. The fraction of sp³-hybridized carbons (Fsp3) is 0.480. The first-order valence-electron chi connectivity index (χ1n) is 10.7. The molecule has 2 aromatic rings. The van der Waals surface area contributed by atoms with Gasteiger partial charge >= 0.3 is 0 Å². The van der Waals surface area contributed by atoms with Gasteiger partial charge in [0.2, 0.25) is 0 Å². The van der Waals surface area contributed by atoms with E-state index in [2.05, 4.69) is 24.9 Å². The average Bonchev–Trinajstić information content (AvgIpc) is 2.80. The van der Waals surface area contributed by atoms with Crippen LogP contribution in [0, 0.1) is 6.92 Å². The lowest BCUT2D eigenvalue weighted by Crippen LogP contribution is -2.14. The molecule has 0 atom stereocenters. The molecule has 6 nitrogen and oxygen atoms in total. The minimum absolute atomic E-state index is 0.671. The Labute approximate surface area is 186 Å². The van der Waals surface area contributed by atoms with E-state index in [1.54, 1.807) is 21.3 Å². The van der Waals surface area contributed by atoms with Gasteiger partial charge in [0.1, 0.15) is 5.75 Å². The highest BCUT2D eigenvalue weighted by Gasteiger charge is 2.08. The third-order valence-corrected chi connectivity index (χ3v) is 5.21. The number of methoxy groups -OCH3 is 3. The second-order valence-corrected chi connectivity index (χ2v) is 7.42. The van der Waals surface area contributed by atoms with Crippen molar-refractivity contribution >= 4 is 12.0 Å². The summed E-state index contributed by atoms with van der Waals surface area (Å²) in [5.41, 5.74) is 4.43. The number of hydrogen-bond acceptors (Lipinski definition) is 5. The van der Waals surface area contributed by atoms with E-state index in [0.717, 1.165) is 54.3 Å². The van der Waals surface area contributed by atoms with E-state index >= 15 is 0 Å². The van der Waals surface area contributed by atoms with Crippen molar-refractivity contribution in [1.29, 1.82) is 0 Å². The molecule has 0 fully saturated rings. The molecule has 0 bridgehead atoms. The van der Waals surface area contributed by atoms with Gasteiger partial charge in [0.05, 0.1) is 40.0 Å². The van der Waals surface area contributed by atoms with Crippen LogP contribution in [0.25, 0.3) is 0 Å². The molecule has 0 unspecified atom stereocenters. The Morgan fingerprint density at radius 2 is 1.65 bits per heavy atom. The molecular weight excluding hydrogens is 392 g/mol. The van der Waals surface area contributed by atoms with Crippen molar-refractivity contribution < 1.29 is 18.9 Å². The number of benzene rings is 2. The molecule has 0 N–H and O–H groups in total. The highest BCUT2D eigenvalue weighted by Crippen LogP contribution is 2.30. The standard InChI is InChI=1S/C25H36N2O4/c1-7-27(3)18-26-22-17-24(29-5)21(15-19(22)2)9-8-13-31-14-12-20-10-11-23(28-4)25(16-20)30-6/h10-11,15-18H,7-9,12-14H2,1-6H3. The van der Waals surface area contributed by atoms with Gasteiger partial charge < -0.3 is 23.8 Å². The molecule has 0 spiro atoms. The number of aliphatic imine (C=N–C) groups is 1. The van der Waals surface area contributed by atoms with Gasteiger partial charge in [0.25, 0.3) is 0 Å². The second-order valence-electron chi connectivity index (χ2n) is 7.42. The van der Waals surface area contributed by atoms with Crippen LogP contribution in [0.2, 0.25) is 0 Å². The molecule has 0 aliphatic rings. The van der Waals surface area contributed by atoms with Crippen LogP contribution >= 0.6 is 0 Å². The fourth-order valence-corrected chi connectivity index (χ4v) is 3.20. The van der Waals surface area contributed by atoms with Crippen LogP contribution in [0.5, 0.6) is 17.2 Å². The summed E-state index contributed by atoms with van der Waals surface area (Å²) in [6.07, 6.45) is 4.53. The second kappa shape index (κ2) is 12.8. The first kappa shape index (κ1) is 24.5. The molecule has 0 aliphatic heterocycles. The SMILES string of the molecule is CCN(C)C=Nc1cc(OC)c(CCCOCCc2ccc(OC)c(OC)c2)cc1C. The lowest BCUT2D eigenvalue weighted by Gasteiger charge is -2.13. The fourth-order valence-electron chi connectivity index (χ4n) is 3.20. The monoisotopic (exact) mass is 428 g/mol. The highest BCUT2D eigenvalue weighted by atomic mass is 16.5. The summed E-state index contributed by atoms with van der Waals surface area (Å²) in [7, 11) is 7.01. The Bertz CT molecular complexity index is 852. The number of ether oxygens (including phenoxy) is 4. The van der Waals surface area contributed by atoms with Crippen LogP contribution in [-0.4, -0.2) is 59.4 Å². The van der Waals surface area contributed by atoms with E-state index in [-0.39, 0.29) is 0 Å². The number of aryl methyl sites for hydroxylation is 2. The zero-order chi connectivity index (χ0) is 22.6. The highest BCUT2D eigenvalue weighted by molar-refractivity contribution is 5.64. The summed E-state index contributed by atoms with van der Waals surface area (Å²) < 4.78 is 22.1. The maximum absolute atomic E-state index is 5.85. The van der Waals surface area contributed by atoms with Crippen molar-refractivity contribution in [2.45, 2.75) is 33.1 Å². The maximum atomic E-state index is 5.85. The predicted molar refractivity (Wildman–Crippen MR) is 127 cm³/mol. The third-order valence-electron chi connectivity index (χ3n) is 5.21. The number of hydrogen-bond donors (Lipinski definition) is 0. The van der Waals surface area contributed by atoms with E-state index < -0.39 is 0 Å². The molecule has 2 rings (SSSR count). The zero-order valence-electron chi connectivity index (χ0n) is 19.7. The summed E-state index contributed by atoms with van der Waals surface area (Å²) in [5, 5.41) is 0. The van der Waals surface area contributed by atoms with Crippen molar-refractivity contribution in [1.82, 2.24) is 4.90 Å². The van der Waals surface area contributed by atoms with Crippen molar-refractivity contribution in [3.63, 3.8) is 0 Å². The molecule has 170 valence electrons. The van der Waals surface area contributed by atoms with Crippen molar-refractivity contribution in [3.8, 4) is 17.2 Å². The van der Waals surface area contributed by atoms with Gasteiger partial charge in [0, 0.05) is 26.3 Å². The summed E-state index contributed by atoms with van der Waals surface area (Å²) in [6, 6.07) is 10.2. The van der Waals surface area contributed by atoms with Crippen LogP contribution in [0.4, 0.5) is 5.69 Å². The molecule has 0 aliphatic carbocycles. The topological polar surface area (TPSA) is 52.5 Å². The van der Waals surface area contributed by atoms with Gasteiger partial charge in [-0.05, 0) is 61.9 Å². The first-order valence-corrected chi connectivity index (χ1v) is 10.7. The quantitative estimate of drug-likeness (QED) is 0.260.